The molecule has 0 atom stereocenters. The zero-order valence-corrected chi connectivity index (χ0v) is 9.84. The molecule has 4 nitrogen and oxygen atoms in total. The van der Waals surface area contributed by atoms with Gasteiger partial charge in [-0.05, 0) is 23.8 Å². The number of esters is 1. The molecule has 0 aromatic heterocycles. The van der Waals surface area contributed by atoms with Gasteiger partial charge >= 0.3 is 5.97 Å². The van der Waals surface area contributed by atoms with Crippen LogP contribution in [0.2, 0.25) is 0 Å². The first kappa shape index (κ1) is 12.1. The van der Waals surface area contributed by atoms with Gasteiger partial charge < -0.3 is 9.84 Å². The van der Waals surface area contributed by atoms with E-state index in [4.69, 9.17) is 0 Å². The molecule has 0 spiro atoms. The number of benzene rings is 2. The van der Waals surface area contributed by atoms with Crippen LogP contribution in [0.5, 0.6) is 5.75 Å². The van der Waals surface area contributed by atoms with E-state index in [-0.39, 0.29) is 17.9 Å². The number of ketones is 1. The average Bonchev–Trinajstić information content (AvgIpc) is 2.38. The van der Waals surface area contributed by atoms with Crippen LogP contribution in [0.1, 0.15) is 17.3 Å². The zero-order valence-electron chi connectivity index (χ0n) is 9.84. The Bertz CT molecular complexity index is 616. The Morgan fingerprint density at radius 3 is 2.61 bits per heavy atom. The van der Waals surface area contributed by atoms with Crippen molar-refractivity contribution in [1.82, 2.24) is 0 Å². The van der Waals surface area contributed by atoms with Gasteiger partial charge in [0.2, 0.25) is 0 Å². The summed E-state index contributed by atoms with van der Waals surface area (Å²) in [6, 6.07) is 10.1. The number of fused-ring (bicyclic) bond motifs is 1. The van der Waals surface area contributed by atoms with E-state index in [1.807, 2.05) is 6.07 Å². The average molecular weight is 244 g/mol. The third-order valence-electron chi connectivity index (χ3n) is 2.59. The summed E-state index contributed by atoms with van der Waals surface area (Å²) in [5.41, 5.74) is -0.00782. The zero-order chi connectivity index (χ0) is 13.1. The molecule has 0 aliphatic carbocycles. The predicted molar refractivity (Wildman–Crippen MR) is 66.6 cm³/mol. The van der Waals surface area contributed by atoms with E-state index in [0.717, 1.165) is 5.39 Å². The fourth-order valence-corrected chi connectivity index (χ4v) is 1.80. The summed E-state index contributed by atoms with van der Waals surface area (Å²) >= 11 is 0. The largest absolute Gasteiger partial charge is 0.507 e. The van der Waals surface area contributed by atoms with Gasteiger partial charge in [-0.15, -0.1) is 0 Å². The molecule has 1 N–H and O–H groups in total. The van der Waals surface area contributed by atoms with Gasteiger partial charge in [0.1, 0.15) is 5.75 Å². The highest BCUT2D eigenvalue weighted by atomic mass is 16.5. The third kappa shape index (κ3) is 2.05. The molecule has 2 aromatic rings. The Kier molecular flexibility index (Phi) is 3.28. The van der Waals surface area contributed by atoms with Crippen molar-refractivity contribution in [1.29, 1.82) is 0 Å². The number of carbonyl (C=O) groups is 2. The van der Waals surface area contributed by atoms with Crippen molar-refractivity contribution in [3.8, 4) is 5.75 Å². The molecule has 0 bridgehead atoms. The Labute approximate surface area is 104 Å². The number of aromatic hydroxyl groups is 1. The molecule has 0 amide bonds. The molecule has 0 fully saturated rings. The third-order valence-corrected chi connectivity index (χ3v) is 2.59. The number of hydrogen-bond acceptors (Lipinski definition) is 4. The molecule has 0 saturated carbocycles. The number of carbonyl (C=O) groups excluding carboxylic acids is 2. The maximum atomic E-state index is 11.9. The van der Waals surface area contributed by atoms with Gasteiger partial charge in [0.25, 0.3) is 5.78 Å². The Morgan fingerprint density at radius 2 is 1.89 bits per heavy atom. The highest BCUT2D eigenvalue weighted by Crippen LogP contribution is 2.27. The molecule has 0 radical (unpaired) electrons. The van der Waals surface area contributed by atoms with Gasteiger partial charge in [-0.2, -0.15) is 0 Å². The number of Topliss-reactive ketones (excluding diaryl/α,β-unsaturated/α-hetero) is 1. The minimum absolute atomic E-state index is 0.00782. The van der Waals surface area contributed by atoms with Crippen LogP contribution in [0.3, 0.4) is 0 Å². The SMILES string of the molecule is CCOC(=O)C(=O)c1c(O)ccc2ccccc12. The number of rotatable bonds is 3. The fraction of sp³-hybridized carbons (Fsp3) is 0.143. The highest BCUT2D eigenvalue weighted by molar-refractivity contribution is 6.43. The molecule has 0 aliphatic heterocycles. The Morgan fingerprint density at radius 1 is 1.17 bits per heavy atom. The molecular weight excluding hydrogens is 232 g/mol. The number of phenols is 1. The van der Waals surface area contributed by atoms with Crippen LogP contribution in [0.15, 0.2) is 36.4 Å². The topological polar surface area (TPSA) is 63.6 Å². The van der Waals surface area contributed by atoms with E-state index in [9.17, 15) is 14.7 Å². The van der Waals surface area contributed by atoms with E-state index in [2.05, 4.69) is 4.74 Å². The van der Waals surface area contributed by atoms with Crippen molar-refractivity contribution in [2.75, 3.05) is 6.61 Å². The molecule has 0 heterocycles. The Hall–Kier alpha value is -2.36. The first-order valence-corrected chi connectivity index (χ1v) is 5.57. The molecule has 2 rings (SSSR count). The summed E-state index contributed by atoms with van der Waals surface area (Å²) in [4.78, 5) is 23.4. The number of hydrogen-bond donors (Lipinski definition) is 1. The van der Waals surface area contributed by atoms with E-state index < -0.39 is 11.8 Å². The van der Waals surface area contributed by atoms with Gasteiger partial charge in [-0.3, -0.25) is 4.79 Å². The number of ether oxygens (including phenoxy) is 1. The monoisotopic (exact) mass is 244 g/mol. The predicted octanol–water partition coefficient (Wildman–Crippen LogP) is 2.29. The normalized spacial score (nSPS) is 10.3. The second-order valence-corrected chi connectivity index (χ2v) is 3.73. The smallest absolute Gasteiger partial charge is 0.379 e. The van der Waals surface area contributed by atoms with Crippen molar-refractivity contribution >= 4 is 22.5 Å². The van der Waals surface area contributed by atoms with Crippen LogP contribution >= 0.6 is 0 Å². The van der Waals surface area contributed by atoms with Gasteiger partial charge in [-0.1, -0.05) is 30.3 Å². The van der Waals surface area contributed by atoms with Gasteiger partial charge in [-0.25, -0.2) is 4.79 Å². The summed E-state index contributed by atoms with van der Waals surface area (Å²) in [7, 11) is 0. The summed E-state index contributed by atoms with van der Waals surface area (Å²) in [5.74, 6) is -2.00. The van der Waals surface area contributed by atoms with Crippen molar-refractivity contribution in [3.63, 3.8) is 0 Å². The van der Waals surface area contributed by atoms with Crippen LogP contribution in [-0.4, -0.2) is 23.5 Å². The van der Waals surface area contributed by atoms with Crippen LogP contribution in [0.4, 0.5) is 0 Å². The summed E-state index contributed by atoms with van der Waals surface area (Å²) in [5, 5.41) is 11.1. The maximum absolute atomic E-state index is 11.9. The highest BCUT2D eigenvalue weighted by Gasteiger charge is 2.23. The minimum Gasteiger partial charge on any atom is -0.507 e. The second-order valence-electron chi connectivity index (χ2n) is 3.73. The van der Waals surface area contributed by atoms with Gasteiger partial charge in [0.15, 0.2) is 0 Å². The standard InChI is InChI=1S/C14H12O4/c1-2-18-14(17)13(16)12-10-6-4-3-5-9(10)7-8-11(12)15/h3-8,15H,2H2,1H3. The van der Waals surface area contributed by atoms with E-state index >= 15 is 0 Å². The fourth-order valence-electron chi connectivity index (χ4n) is 1.80. The molecular formula is C14H12O4. The lowest BCUT2D eigenvalue weighted by molar-refractivity contribution is -0.137. The van der Waals surface area contributed by atoms with Crippen molar-refractivity contribution in [2.45, 2.75) is 6.92 Å². The van der Waals surface area contributed by atoms with Crippen molar-refractivity contribution in [3.05, 3.63) is 42.0 Å². The maximum Gasteiger partial charge on any atom is 0.379 e. The molecule has 4 heteroatoms. The first-order valence-electron chi connectivity index (χ1n) is 5.57. The van der Waals surface area contributed by atoms with Gasteiger partial charge in [0.05, 0.1) is 12.2 Å². The first-order chi connectivity index (χ1) is 8.65. The van der Waals surface area contributed by atoms with Gasteiger partial charge in [0, 0.05) is 0 Å². The molecule has 0 aliphatic rings. The van der Waals surface area contributed by atoms with Crippen molar-refractivity contribution < 1.29 is 19.4 Å². The summed E-state index contributed by atoms with van der Waals surface area (Å²) in [6.07, 6.45) is 0. The van der Waals surface area contributed by atoms with Crippen LogP contribution in [-0.2, 0) is 9.53 Å². The van der Waals surface area contributed by atoms with E-state index in [0.29, 0.717) is 5.39 Å². The van der Waals surface area contributed by atoms with E-state index in [1.54, 1.807) is 31.2 Å². The quantitative estimate of drug-likeness (QED) is 0.511. The molecule has 2 aromatic carbocycles. The van der Waals surface area contributed by atoms with E-state index in [1.165, 1.54) is 6.07 Å². The lowest BCUT2D eigenvalue weighted by Crippen LogP contribution is -2.18. The lowest BCUT2D eigenvalue weighted by atomic mass is 10.0. The Balaban J connectivity index is 2.59. The van der Waals surface area contributed by atoms with Crippen LogP contribution in [0, 0.1) is 0 Å². The summed E-state index contributed by atoms with van der Waals surface area (Å²) < 4.78 is 4.66. The molecule has 18 heavy (non-hydrogen) atoms. The molecule has 92 valence electrons. The lowest BCUT2D eigenvalue weighted by Gasteiger charge is -2.07. The molecule has 0 unspecified atom stereocenters. The minimum atomic E-state index is -0.954. The molecule has 0 saturated heterocycles. The van der Waals surface area contributed by atoms with Crippen LogP contribution in [0.25, 0.3) is 10.8 Å². The van der Waals surface area contributed by atoms with Crippen molar-refractivity contribution in [2.24, 2.45) is 0 Å². The van der Waals surface area contributed by atoms with Crippen LogP contribution < -0.4 is 0 Å². The number of phenolic OH excluding ortho intramolecular Hbond substituents is 1. The second kappa shape index (κ2) is 4.87. The summed E-state index contributed by atoms with van der Waals surface area (Å²) in [6.45, 7) is 1.74.